The molecule has 1 atom stereocenters. The molecule has 3 aromatic carbocycles. The SMILES string of the molecule is Cc1ccc(C(OC(=O)NCC2CC2)c2cccc(NC(=O)c3cc(C(F)(F)F)nn3-c3cccc(CN)c3)c2)cc1. The molecule has 4 N–H and O–H groups in total. The number of carbonyl (C=O) groups is 2. The standard InChI is InChI=1S/C31H30F3N5O3/c1-19-8-12-22(13-9-19)28(42-30(41)36-18-20-10-11-20)23-5-3-6-24(15-23)37-29(40)26-16-27(31(32,33)34)38-39(26)25-7-2-4-21(14-25)17-35/h2-9,12-16,20,28H,10-11,17-18,35H2,1H3,(H,36,41)(H,37,40). The first-order valence-corrected chi connectivity index (χ1v) is 13.5. The average Bonchev–Trinajstić information content (AvgIpc) is 3.69. The Morgan fingerprint density at radius 2 is 1.76 bits per heavy atom. The summed E-state index contributed by atoms with van der Waals surface area (Å²) in [6.45, 7) is 2.65. The Kier molecular flexibility index (Phi) is 8.30. The topological polar surface area (TPSA) is 111 Å². The van der Waals surface area contributed by atoms with Crippen LogP contribution in [-0.2, 0) is 17.5 Å². The number of nitrogens with two attached hydrogens (primary N) is 1. The quantitative estimate of drug-likeness (QED) is 0.221. The van der Waals surface area contributed by atoms with Crippen molar-refractivity contribution in [3.8, 4) is 5.69 Å². The Morgan fingerprint density at radius 1 is 1.02 bits per heavy atom. The summed E-state index contributed by atoms with van der Waals surface area (Å²) < 4.78 is 47.5. The molecule has 0 radical (unpaired) electrons. The van der Waals surface area contributed by atoms with Gasteiger partial charge < -0.3 is 21.1 Å². The molecule has 1 aliphatic rings. The third-order valence-electron chi connectivity index (χ3n) is 6.91. The number of nitrogens with one attached hydrogen (secondary N) is 2. The first-order chi connectivity index (χ1) is 20.1. The fraction of sp³-hybridized carbons (Fsp3) is 0.258. The van der Waals surface area contributed by atoms with Crippen LogP contribution < -0.4 is 16.4 Å². The highest BCUT2D eigenvalue weighted by Crippen LogP contribution is 2.32. The summed E-state index contributed by atoms with van der Waals surface area (Å²) in [6.07, 6.45) is -3.96. The van der Waals surface area contributed by atoms with Crippen LogP contribution in [0.5, 0.6) is 0 Å². The minimum Gasteiger partial charge on any atom is -0.436 e. The lowest BCUT2D eigenvalue weighted by Gasteiger charge is -2.20. The lowest BCUT2D eigenvalue weighted by molar-refractivity contribution is -0.141. The maximum Gasteiger partial charge on any atom is 0.435 e. The van der Waals surface area contributed by atoms with Crippen molar-refractivity contribution in [2.75, 3.05) is 11.9 Å². The predicted octanol–water partition coefficient (Wildman–Crippen LogP) is 6.14. The Bertz CT molecular complexity index is 1580. The highest BCUT2D eigenvalue weighted by Gasteiger charge is 2.36. The smallest absolute Gasteiger partial charge is 0.435 e. The second-order valence-electron chi connectivity index (χ2n) is 10.3. The Morgan fingerprint density at radius 3 is 2.45 bits per heavy atom. The molecule has 2 amide bonds. The molecule has 0 bridgehead atoms. The number of rotatable bonds is 9. The molecule has 1 heterocycles. The lowest BCUT2D eigenvalue weighted by Crippen LogP contribution is -2.28. The van der Waals surface area contributed by atoms with Crippen LogP contribution in [0.15, 0.2) is 78.9 Å². The molecule has 1 aliphatic carbocycles. The number of alkyl halides is 3. The van der Waals surface area contributed by atoms with Gasteiger partial charge in [-0.1, -0.05) is 54.1 Å². The van der Waals surface area contributed by atoms with Crippen molar-refractivity contribution in [3.63, 3.8) is 0 Å². The molecule has 0 spiro atoms. The van der Waals surface area contributed by atoms with Gasteiger partial charge in [-0.15, -0.1) is 0 Å². The molecule has 1 fully saturated rings. The number of benzene rings is 3. The van der Waals surface area contributed by atoms with E-state index in [4.69, 9.17) is 10.5 Å². The van der Waals surface area contributed by atoms with E-state index in [2.05, 4.69) is 15.7 Å². The van der Waals surface area contributed by atoms with Crippen molar-refractivity contribution in [2.24, 2.45) is 11.7 Å². The zero-order chi connectivity index (χ0) is 29.9. The van der Waals surface area contributed by atoms with E-state index in [0.717, 1.165) is 28.7 Å². The number of carbonyl (C=O) groups excluding carboxylic acids is 2. The van der Waals surface area contributed by atoms with E-state index >= 15 is 0 Å². The average molecular weight is 578 g/mol. The van der Waals surface area contributed by atoms with Gasteiger partial charge in [0.1, 0.15) is 5.69 Å². The van der Waals surface area contributed by atoms with Crippen molar-refractivity contribution in [2.45, 2.75) is 38.6 Å². The predicted molar refractivity (Wildman–Crippen MR) is 151 cm³/mol. The molecule has 4 aromatic rings. The van der Waals surface area contributed by atoms with Crippen LogP contribution in [0.1, 0.15) is 57.4 Å². The maximum atomic E-state index is 13.6. The fourth-order valence-electron chi connectivity index (χ4n) is 4.44. The molecule has 0 saturated heterocycles. The normalized spacial score (nSPS) is 13.8. The fourth-order valence-corrected chi connectivity index (χ4v) is 4.44. The Labute approximate surface area is 240 Å². The number of aromatic nitrogens is 2. The van der Waals surface area contributed by atoms with Gasteiger partial charge in [-0.3, -0.25) is 4.79 Å². The molecular weight excluding hydrogens is 547 g/mol. The number of ether oxygens (including phenoxy) is 1. The van der Waals surface area contributed by atoms with E-state index in [1.807, 2.05) is 31.2 Å². The molecular formula is C31H30F3N5O3. The van der Waals surface area contributed by atoms with Gasteiger partial charge in [0.25, 0.3) is 5.91 Å². The Balaban J connectivity index is 1.43. The summed E-state index contributed by atoms with van der Waals surface area (Å²) in [5, 5.41) is 9.14. The van der Waals surface area contributed by atoms with E-state index < -0.39 is 30.0 Å². The van der Waals surface area contributed by atoms with Gasteiger partial charge in [0.05, 0.1) is 5.69 Å². The van der Waals surface area contributed by atoms with Crippen LogP contribution in [0.25, 0.3) is 5.69 Å². The first-order valence-electron chi connectivity index (χ1n) is 13.5. The minimum absolute atomic E-state index is 0.165. The van der Waals surface area contributed by atoms with Crippen LogP contribution in [0.3, 0.4) is 0 Å². The number of anilines is 1. The summed E-state index contributed by atoms with van der Waals surface area (Å²) in [6, 6.07) is 21.3. The third-order valence-corrected chi connectivity index (χ3v) is 6.91. The lowest BCUT2D eigenvalue weighted by atomic mass is 10.00. The van der Waals surface area contributed by atoms with Crippen molar-refractivity contribution >= 4 is 17.7 Å². The summed E-state index contributed by atoms with van der Waals surface area (Å²) in [7, 11) is 0. The zero-order valence-corrected chi connectivity index (χ0v) is 22.8. The number of hydrogen-bond donors (Lipinski definition) is 3. The van der Waals surface area contributed by atoms with Crippen molar-refractivity contribution < 1.29 is 27.5 Å². The molecule has 8 nitrogen and oxygen atoms in total. The molecule has 42 heavy (non-hydrogen) atoms. The number of alkyl carbamates (subject to hydrolysis) is 1. The van der Waals surface area contributed by atoms with E-state index in [-0.39, 0.29) is 17.9 Å². The highest BCUT2D eigenvalue weighted by atomic mass is 19.4. The minimum atomic E-state index is -4.76. The van der Waals surface area contributed by atoms with E-state index in [1.165, 1.54) is 0 Å². The van der Waals surface area contributed by atoms with Gasteiger partial charge in [-0.05, 0) is 66.6 Å². The number of hydrogen-bond acceptors (Lipinski definition) is 5. The maximum absolute atomic E-state index is 13.6. The second-order valence-corrected chi connectivity index (χ2v) is 10.3. The van der Waals surface area contributed by atoms with Gasteiger partial charge in [0.2, 0.25) is 0 Å². The molecule has 1 saturated carbocycles. The van der Waals surface area contributed by atoms with Crippen molar-refractivity contribution in [1.29, 1.82) is 0 Å². The van der Waals surface area contributed by atoms with Crippen molar-refractivity contribution in [3.05, 3.63) is 113 Å². The molecule has 1 unspecified atom stereocenters. The van der Waals surface area contributed by atoms with E-state index in [1.54, 1.807) is 48.5 Å². The summed E-state index contributed by atoms with van der Waals surface area (Å²) in [5.41, 5.74) is 7.73. The number of nitrogens with zero attached hydrogens (tertiary/aromatic N) is 2. The van der Waals surface area contributed by atoms with E-state index in [0.29, 0.717) is 35.3 Å². The molecule has 11 heteroatoms. The number of aryl methyl sites for hydroxylation is 1. The van der Waals surface area contributed by atoms with Crippen molar-refractivity contribution in [1.82, 2.24) is 15.1 Å². The summed E-state index contributed by atoms with van der Waals surface area (Å²) in [4.78, 5) is 26.0. The van der Waals surface area contributed by atoms with Gasteiger partial charge in [0.15, 0.2) is 11.8 Å². The largest absolute Gasteiger partial charge is 0.436 e. The van der Waals surface area contributed by atoms with E-state index in [9.17, 15) is 22.8 Å². The third kappa shape index (κ3) is 6.98. The van der Waals surface area contributed by atoms with Gasteiger partial charge >= 0.3 is 12.3 Å². The zero-order valence-electron chi connectivity index (χ0n) is 22.8. The van der Waals surface area contributed by atoms with Gasteiger partial charge in [-0.2, -0.15) is 18.3 Å². The molecule has 0 aliphatic heterocycles. The van der Waals surface area contributed by atoms with Crippen LogP contribution in [0.2, 0.25) is 0 Å². The number of halogens is 3. The van der Waals surface area contributed by atoms with Crippen LogP contribution in [-0.4, -0.2) is 28.3 Å². The summed E-state index contributed by atoms with van der Waals surface area (Å²) >= 11 is 0. The second kappa shape index (κ2) is 12.1. The summed E-state index contributed by atoms with van der Waals surface area (Å²) in [5.74, 6) is -0.332. The molecule has 5 rings (SSSR count). The highest BCUT2D eigenvalue weighted by molar-refractivity contribution is 6.03. The Hall–Kier alpha value is -4.64. The monoisotopic (exact) mass is 577 g/mol. The number of amides is 2. The molecule has 1 aromatic heterocycles. The first kappa shape index (κ1) is 28.9. The van der Waals surface area contributed by atoms with Crippen LogP contribution in [0.4, 0.5) is 23.7 Å². The van der Waals surface area contributed by atoms with Crippen LogP contribution >= 0.6 is 0 Å². The molecule has 218 valence electrons. The van der Waals surface area contributed by atoms with Gasteiger partial charge in [0, 0.05) is 24.8 Å². The van der Waals surface area contributed by atoms with Crippen LogP contribution in [0, 0.1) is 12.8 Å². The van der Waals surface area contributed by atoms with Gasteiger partial charge in [-0.25, -0.2) is 9.48 Å².